The SMILES string of the molecule is COc1ccc(N(Cc2ccc(N(C)C)cc2)C(=O)CNC(=O)C2CCCC2)cc1. The summed E-state index contributed by atoms with van der Waals surface area (Å²) in [5, 5.41) is 2.85. The van der Waals surface area contributed by atoms with Crippen molar-refractivity contribution in [3.63, 3.8) is 0 Å². The quantitative estimate of drug-likeness (QED) is 0.724. The minimum Gasteiger partial charge on any atom is -0.497 e. The Morgan fingerprint density at radius 2 is 1.57 bits per heavy atom. The molecular weight excluding hydrogens is 378 g/mol. The molecule has 2 amide bonds. The minimum atomic E-state index is -0.136. The summed E-state index contributed by atoms with van der Waals surface area (Å²) in [7, 11) is 5.60. The Kier molecular flexibility index (Phi) is 7.33. The van der Waals surface area contributed by atoms with Gasteiger partial charge >= 0.3 is 0 Å². The lowest BCUT2D eigenvalue weighted by Crippen LogP contribution is -2.41. The molecule has 0 heterocycles. The summed E-state index contributed by atoms with van der Waals surface area (Å²) in [6.45, 7) is 0.426. The topological polar surface area (TPSA) is 61.9 Å². The predicted molar refractivity (Wildman–Crippen MR) is 120 cm³/mol. The number of hydrogen-bond donors (Lipinski definition) is 1. The summed E-state index contributed by atoms with van der Waals surface area (Å²) in [5.74, 6) is 0.635. The van der Waals surface area contributed by atoms with E-state index < -0.39 is 0 Å². The molecule has 6 heteroatoms. The zero-order valence-corrected chi connectivity index (χ0v) is 18.1. The van der Waals surface area contributed by atoms with Gasteiger partial charge in [0.15, 0.2) is 0 Å². The Morgan fingerprint density at radius 3 is 2.13 bits per heavy atom. The summed E-state index contributed by atoms with van der Waals surface area (Å²) in [5.41, 5.74) is 2.89. The number of rotatable bonds is 8. The van der Waals surface area contributed by atoms with Crippen LogP contribution >= 0.6 is 0 Å². The van der Waals surface area contributed by atoms with Crippen LogP contribution in [0.25, 0.3) is 0 Å². The molecule has 2 aromatic rings. The van der Waals surface area contributed by atoms with Gasteiger partial charge in [0, 0.05) is 31.4 Å². The minimum absolute atomic E-state index is 0.00283. The highest BCUT2D eigenvalue weighted by atomic mass is 16.5. The second-order valence-electron chi connectivity index (χ2n) is 7.94. The maximum absolute atomic E-state index is 13.1. The summed E-state index contributed by atoms with van der Waals surface area (Å²) in [6, 6.07) is 15.5. The third-order valence-electron chi connectivity index (χ3n) is 5.62. The van der Waals surface area contributed by atoms with Crippen LogP contribution in [0.15, 0.2) is 48.5 Å². The maximum Gasteiger partial charge on any atom is 0.246 e. The van der Waals surface area contributed by atoms with Gasteiger partial charge in [0.25, 0.3) is 0 Å². The Hall–Kier alpha value is -3.02. The highest BCUT2D eigenvalue weighted by molar-refractivity contribution is 5.97. The first-order valence-electron chi connectivity index (χ1n) is 10.5. The maximum atomic E-state index is 13.1. The predicted octanol–water partition coefficient (Wildman–Crippen LogP) is 3.60. The zero-order valence-electron chi connectivity index (χ0n) is 18.1. The number of methoxy groups -OCH3 is 1. The summed E-state index contributed by atoms with van der Waals surface area (Å²) < 4.78 is 5.23. The second kappa shape index (κ2) is 10.1. The van der Waals surface area contributed by atoms with Gasteiger partial charge in [0.1, 0.15) is 5.75 Å². The van der Waals surface area contributed by atoms with Gasteiger partial charge in [-0.25, -0.2) is 0 Å². The molecule has 1 fully saturated rings. The normalized spacial score (nSPS) is 13.7. The van der Waals surface area contributed by atoms with Crippen LogP contribution in [0.4, 0.5) is 11.4 Å². The van der Waals surface area contributed by atoms with E-state index in [1.54, 1.807) is 12.0 Å². The summed E-state index contributed by atoms with van der Waals surface area (Å²) >= 11 is 0. The van der Waals surface area contributed by atoms with Gasteiger partial charge in [-0.2, -0.15) is 0 Å². The van der Waals surface area contributed by atoms with Crippen molar-refractivity contribution in [1.29, 1.82) is 0 Å². The Balaban J connectivity index is 1.73. The molecule has 160 valence electrons. The molecule has 3 rings (SSSR count). The van der Waals surface area contributed by atoms with Gasteiger partial charge in [-0.1, -0.05) is 25.0 Å². The summed E-state index contributed by atoms with van der Waals surface area (Å²) in [6.07, 6.45) is 4.01. The average Bonchev–Trinajstić information content (AvgIpc) is 3.31. The van der Waals surface area contributed by atoms with E-state index in [0.29, 0.717) is 6.54 Å². The van der Waals surface area contributed by atoms with Gasteiger partial charge in [0.2, 0.25) is 11.8 Å². The van der Waals surface area contributed by atoms with Crippen molar-refractivity contribution in [1.82, 2.24) is 5.32 Å². The second-order valence-corrected chi connectivity index (χ2v) is 7.94. The van der Waals surface area contributed by atoms with Crippen LogP contribution in [-0.2, 0) is 16.1 Å². The van der Waals surface area contributed by atoms with Crippen molar-refractivity contribution in [2.24, 2.45) is 5.92 Å². The van der Waals surface area contributed by atoms with Crippen molar-refractivity contribution in [3.05, 3.63) is 54.1 Å². The molecule has 6 nitrogen and oxygen atoms in total. The number of nitrogens with zero attached hydrogens (tertiary/aromatic N) is 2. The van der Waals surface area contributed by atoms with Gasteiger partial charge < -0.3 is 19.9 Å². The van der Waals surface area contributed by atoms with Crippen LogP contribution in [-0.4, -0.2) is 39.6 Å². The fourth-order valence-electron chi connectivity index (χ4n) is 3.76. The Bertz CT molecular complexity index is 841. The number of anilines is 2. The van der Waals surface area contributed by atoms with Crippen LogP contribution in [0, 0.1) is 5.92 Å². The molecule has 1 saturated carbocycles. The van der Waals surface area contributed by atoms with E-state index >= 15 is 0 Å². The molecule has 0 unspecified atom stereocenters. The van der Waals surface area contributed by atoms with E-state index in [0.717, 1.165) is 48.4 Å². The lowest BCUT2D eigenvalue weighted by Gasteiger charge is -2.24. The zero-order chi connectivity index (χ0) is 21.5. The average molecular weight is 410 g/mol. The van der Waals surface area contributed by atoms with Crippen LogP contribution < -0.4 is 19.9 Å². The molecule has 0 saturated heterocycles. The smallest absolute Gasteiger partial charge is 0.246 e. The fourth-order valence-corrected chi connectivity index (χ4v) is 3.76. The number of amides is 2. The van der Waals surface area contributed by atoms with E-state index in [1.807, 2.05) is 67.5 Å². The monoisotopic (exact) mass is 409 g/mol. The molecule has 0 aliphatic heterocycles. The van der Waals surface area contributed by atoms with Crippen molar-refractivity contribution in [2.75, 3.05) is 37.5 Å². The molecule has 1 aliphatic rings. The highest BCUT2D eigenvalue weighted by Gasteiger charge is 2.24. The molecule has 0 spiro atoms. The van der Waals surface area contributed by atoms with E-state index in [1.165, 1.54) is 0 Å². The Morgan fingerprint density at radius 1 is 0.967 bits per heavy atom. The van der Waals surface area contributed by atoms with Crippen molar-refractivity contribution in [2.45, 2.75) is 32.2 Å². The van der Waals surface area contributed by atoms with Crippen molar-refractivity contribution < 1.29 is 14.3 Å². The van der Waals surface area contributed by atoms with Gasteiger partial charge in [-0.05, 0) is 54.8 Å². The molecule has 1 aliphatic carbocycles. The molecule has 0 atom stereocenters. The van der Waals surface area contributed by atoms with Crippen LogP contribution in [0.5, 0.6) is 5.75 Å². The lowest BCUT2D eigenvalue weighted by atomic mass is 10.1. The van der Waals surface area contributed by atoms with E-state index in [9.17, 15) is 9.59 Å². The third-order valence-corrected chi connectivity index (χ3v) is 5.62. The molecular formula is C24H31N3O3. The number of carbonyl (C=O) groups excluding carboxylic acids is 2. The summed E-state index contributed by atoms with van der Waals surface area (Å²) in [4.78, 5) is 29.2. The fraction of sp³-hybridized carbons (Fsp3) is 0.417. The van der Waals surface area contributed by atoms with Crippen molar-refractivity contribution in [3.8, 4) is 5.75 Å². The van der Waals surface area contributed by atoms with Gasteiger partial charge in [0.05, 0.1) is 20.2 Å². The van der Waals surface area contributed by atoms with Crippen LogP contribution in [0.3, 0.4) is 0 Å². The van der Waals surface area contributed by atoms with E-state index in [2.05, 4.69) is 5.32 Å². The van der Waals surface area contributed by atoms with Crippen LogP contribution in [0.1, 0.15) is 31.2 Å². The number of ether oxygens (including phenoxy) is 1. The molecule has 0 aromatic heterocycles. The number of nitrogens with one attached hydrogen (secondary N) is 1. The van der Waals surface area contributed by atoms with Crippen LogP contribution in [0.2, 0.25) is 0 Å². The number of carbonyl (C=O) groups is 2. The highest BCUT2D eigenvalue weighted by Crippen LogP contribution is 2.25. The number of hydrogen-bond acceptors (Lipinski definition) is 4. The first kappa shape index (κ1) is 21.7. The van der Waals surface area contributed by atoms with Gasteiger partial charge in [-0.3, -0.25) is 9.59 Å². The van der Waals surface area contributed by atoms with Crippen molar-refractivity contribution >= 4 is 23.2 Å². The van der Waals surface area contributed by atoms with E-state index in [4.69, 9.17) is 4.74 Å². The molecule has 1 N–H and O–H groups in total. The van der Waals surface area contributed by atoms with Gasteiger partial charge in [-0.15, -0.1) is 0 Å². The standard InChI is InChI=1S/C24H31N3O3/c1-26(2)20-10-8-18(9-11-20)17-27(21-12-14-22(30-3)15-13-21)23(28)16-25-24(29)19-6-4-5-7-19/h8-15,19H,4-7,16-17H2,1-3H3,(H,25,29). The molecule has 2 aromatic carbocycles. The lowest BCUT2D eigenvalue weighted by molar-refractivity contribution is -0.127. The Labute approximate surface area is 178 Å². The number of benzene rings is 2. The largest absolute Gasteiger partial charge is 0.497 e. The molecule has 0 radical (unpaired) electrons. The molecule has 0 bridgehead atoms. The first-order chi connectivity index (χ1) is 14.5. The van der Waals surface area contributed by atoms with E-state index in [-0.39, 0.29) is 24.3 Å². The molecule has 30 heavy (non-hydrogen) atoms. The first-order valence-corrected chi connectivity index (χ1v) is 10.5. The third kappa shape index (κ3) is 5.53.